The first-order chi connectivity index (χ1) is 13.0. The lowest BCUT2D eigenvalue weighted by molar-refractivity contribution is 0.0602. The van der Waals surface area contributed by atoms with E-state index in [0.29, 0.717) is 15.1 Å². The largest absolute Gasteiger partial charge is 0.465 e. The van der Waals surface area contributed by atoms with E-state index in [2.05, 4.69) is 21.2 Å². The van der Waals surface area contributed by atoms with Gasteiger partial charge in [0.2, 0.25) is 0 Å². The second-order valence-corrected chi connectivity index (χ2v) is 6.97. The van der Waals surface area contributed by atoms with Crippen LogP contribution in [0.5, 0.6) is 0 Å². The standard InChI is InChI=1S/C21H15BrClNO3/c1-27-21(26)16-11-17(22)18(23)12-19(16)24-20(25)15-9-5-8-14(10-15)13-6-3-2-4-7-13/h2-12H,1H3,(H,24,25). The highest BCUT2D eigenvalue weighted by molar-refractivity contribution is 9.10. The zero-order valence-electron chi connectivity index (χ0n) is 14.3. The fraction of sp³-hybridized carbons (Fsp3) is 0.0476. The number of amides is 1. The molecule has 0 aromatic heterocycles. The molecule has 3 aromatic carbocycles. The predicted molar refractivity (Wildman–Crippen MR) is 110 cm³/mol. The molecular formula is C21H15BrClNO3. The Morgan fingerprint density at radius 3 is 2.37 bits per heavy atom. The zero-order chi connectivity index (χ0) is 19.4. The molecule has 0 aliphatic heterocycles. The number of hydrogen-bond acceptors (Lipinski definition) is 3. The molecule has 0 aliphatic carbocycles. The average Bonchev–Trinajstić information content (AvgIpc) is 2.70. The number of benzene rings is 3. The first-order valence-corrected chi connectivity index (χ1v) is 9.21. The molecule has 6 heteroatoms. The monoisotopic (exact) mass is 443 g/mol. The Kier molecular flexibility index (Phi) is 5.94. The third-order valence-corrected chi connectivity index (χ3v) is 5.14. The van der Waals surface area contributed by atoms with Gasteiger partial charge in [-0.2, -0.15) is 0 Å². The first kappa shape index (κ1) is 19.1. The molecule has 0 fully saturated rings. The number of carbonyl (C=O) groups is 2. The second-order valence-electron chi connectivity index (χ2n) is 5.70. The molecule has 0 aliphatic rings. The van der Waals surface area contributed by atoms with Gasteiger partial charge >= 0.3 is 5.97 Å². The van der Waals surface area contributed by atoms with Gasteiger partial charge in [0.25, 0.3) is 5.91 Å². The van der Waals surface area contributed by atoms with E-state index in [9.17, 15) is 9.59 Å². The molecule has 0 unspecified atom stereocenters. The minimum atomic E-state index is -0.569. The summed E-state index contributed by atoms with van der Waals surface area (Å²) in [7, 11) is 1.28. The maximum Gasteiger partial charge on any atom is 0.340 e. The number of anilines is 1. The molecule has 0 heterocycles. The van der Waals surface area contributed by atoms with Gasteiger partial charge in [0, 0.05) is 10.0 Å². The topological polar surface area (TPSA) is 55.4 Å². The van der Waals surface area contributed by atoms with Gasteiger partial charge in [0.05, 0.1) is 23.4 Å². The van der Waals surface area contributed by atoms with Crippen molar-refractivity contribution in [3.05, 3.63) is 87.4 Å². The van der Waals surface area contributed by atoms with Gasteiger partial charge in [-0.05, 0) is 51.3 Å². The number of hydrogen-bond donors (Lipinski definition) is 1. The Bertz CT molecular complexity index is 1010. The minimum absolute atomic E-state index is 0.210. The Balaban J connectivity index is 1.92. The Morgan fingerprint density at radius 2 is 1.67 bits per heavy atom. The van der Waals surface area contributed by atoms with Crippen molar-refractivity contribution in [1.82, 2.24) is 0 Å². The molecule has 0 saturated carbocycles. The molecule has 1 N–H and O–H groups in total. The quantitative estimate of drug-likeness (QED) is 0.517. The van der Waals surface area contributed by atoms with E-state index in [0.717, 1.165) is 11.1 Å². The summed E-state index contributed by atoms with van der Waals surface area (Å²) < 4.78 is 5.32. The summed E-state index contributed by atoms with van der Waals surface area (Å²) in [6.45, 7) is 0. The third kappa shape index (κ3) is 4.38. The number of halogens is 2. The minimum Gasteiger partial charge on any atom is -0.465 e. The predicted octanol–water partition coefficient (Wildman–Crippen LogP) is 5.81. The van der Waals surface area contributed by atoms with E-state index in [1.54, 1.807) is 12.1 Å². The summed E-state index contributed by atoms with van der Waals surface area (Å²) in [5.41, 5.74) is 2.89. The zero-order valence-corrected chi connectivity index (χ0v) is 16.7. The maximum absolute atomic E-state index is 12.7. The fourth-order valence-electron chi connectivity index (χ4n) is 2.59. The van der Waals surface area contributed by atoms with Crippen LogP contribution in [0.1, 0.15) is 20.7 Å². The van der Waals surface area contributed by atoms with Gasteiger partial charge in [0.1, 0.15) is 0 Å². The van der Waals surface area contributed by atoms with Gasteiger partial charge in [-0.1, -0.05) is 54.1 Å². The number of nitrogens with one attached hydrogen (secondary N) is 1. The Hall–Kier alpha value is -2.63. The van der Waals surface area contributed by atoms with Crippen molar-refractivity contribution < 1.29 is 14.3 Å². The van der Waals surface area contributed by atoms with Crippen LogP contribution in [-0.2, 0) is 4.74 Å². The van der Waals surface area contributed by atoms with Crippen LogP contribution in [0.2, 0.25) is 5.02 Å². The van der Waals surface area contributed by atoms with Crippen LogP contribution >= 0.6 is 27.5 Å². The van der Waals surface area contributed by atoms with Crippen molar-refractivity contribution in [2.75, 3.05) is 12.4 Å². The number of esters is 1. The SMILES string of the molecule is COC(=O)c1cc(Br)c(Cl)cc1NC(=O)c1cccc(-c2ccccc2)c1. The summed E-state index contributed by atoms with van der Waals surface area (Å²) in [4.78, 5) is 24.8. The summed E-state index contributed by atoms with van der Waals surface area (Å²) in [6, 6.07) is 20.0. The van der Waals surface area contributed by atoms with Crippen molar-refractivity contribution in [2.45, 2.75) is 0 Å². The maximum atomic E-state index is 12.7. The van der Waals surface area contributed by atoms with Crippen molar-refractivity contribution in [3.63, 3.8) is 0 Å². The number of methoxy groups -OCH3 is 1. The van der Waals surface area contributed by atoms with Crippen LogP contribution in [0.15, 0.2) is 71.2 Å². The average molecular weight is 445 g/mol. The molecule has 4 nitrogen and oxygen atoms in total. The van der Waals surface area contributed by atoms with E-state index in [1.165, 1.54) is 19.2 Å². The Morgan fingerprint density at radius 1 is 0.963 bits per heavy atom. The lowest BCUT2D eigenvalue weighted by Gasteiger charge is -2.12. The summed E-state index contributed by atoms with van der Waals surface area (Å²) in [6.07, 6.45) is 0. The van der Waals surface area contributed by atoms with Crippen LogP contribution in [0, 0.1) is 0 Å². The molecule has 0 bridgehead atoms. The van der Waals surface area contributed by atoms with Crippen LogP contribution in [-0.4, -0.2) is 19.0 Å². The highest BCUT2D eigenvalue weighted by Gasteiger charge is 2.17. The highest BCUT2D eigenvalue weighted by atomic mass is 79.9. The normalized spacial score (nSPS) is 10.3. The number of rotatable bonds is 4. The van der Waals surface area contributed by atoms with Gasteiger partial charge in [-0.3, -0.25) is 4.79 Å². The molecule has 0 spiro atoms. The first-order valence-electron chi connectivity index (χ1n) is 8.04. The summed E-state index contributed by atoms with van der Waals surface area (Å²) in [5, 5.41) is 3.12. The number of carbonyl (C=O) groups excluding carboxylic acids is 2. The van der Waals surface area contributed by atoms with Crippen LogP contribution in [0.25, 0.3) is 11.1 Å². The van der Waals surface area contributed by atoms with Crippen molar-refractivity contribution in [3.8, 4) is 11.1 Å². The van der Waals surface area contributed by atoms with E-state index in [1.807, 2.05) is 42.5 Å². The fourth-order valence-corrected chi connectivity index (χ4v) is 3.10. The highest BCUT2D eigenvalue weighted by Crippen LogP contribution is 2.30. The van der Waals surface area contributed by atoms with Crippen molar-refractivity contribution >= 4 is 45.1 Å². The van der Waals surface area contributed by atoms with Gasteiger partial charge < -0.3 is 10.1 Å². The summed E-state index contributed by atoms with van der Waals surface area (Å²) in [5.74, 6) is -0.919. The molecular weight excluding hydrogens is 430 g/mol. The second kappa shape index (κ2) is 8.37. The van der Waals surface area contributed by atoms with E-state index in [-0.39, 0.29) is 17.2 Å². The molecule has 27 heavy (non-hydrogen) atoms. The molecule has 3 rings (SSSR count). The van der Waals surface area contributed by atoms with Crippen LogP contribution < -0.4 is 5.32 Å². The smallest absolute Gasteiger partial charge is 0.340 e. The third-order valence-electron chi connectivity index (χ3n) is 3.95. The molecule has 136 valence electrons. The van der Waals surface area contributed by atoms with Gasteiger partial charge in [0.15, 0.2) is 0 Å². The molecule has 0 atom stereocenters. The van der Waals surface area contributed by atoms with E-state index >= 15 is 0 Å². The van der Waals surface area contributed by atoms with Crippen molar-refractivity contribution in [1.29, 1.82) is 0 Å². The molecule has 1 amide bonds. The van der Waals surface area contributed by atoms with Crippen LogP contribution in [0.3, 0.4) is 0 Å². The van der Waals surface area contributed by atoms with Gasteiger partial charge in [-0.15, -0.1) is 0 Å². The molecule has 3 aromatic rings. The van der Waals surface area contributed by atoms with Gasteiger partial charge in [-0.25, -0.2) is 4.79 Å². The van der Waals surface area contributed by atoms with Crippen LogP contribution in [0.4, 0.5) is 5.69 Å². The molecule has 0 radical (unpaired) electrons. The lowest BCUT2D eigenvalue weighted by Crippen LogP contribution is -2.15. The molecule has 0 saturated heterocycles. The Labute approximate surface area is 170 Å². The van der Waals surface area contributed by atoms with E-state index < -0.39 is 5.97 Å². The summed E-state index contributed by atoms with van der Waals surface area (Å²) >= 11 is 9.39. The van der Waals surface area contributed by atoms with E-state index in [4.69, 9.17) is 16.3 Å². The number of ether oxygens (including phenoxy) is 1. The lowest BCUT2D eigenvalue weighted by atomic mass is 10.0. The van der Waals surface area contributed by atoms with Crippen molar-refractivity contribution in [2.24, 2.45) is 0 Å².